The zero-order valence-electron chi connectivity index (χ0n) is 10.3. The fraction of sp³-hybridized carbons (Fsp3) is 0.571. The molecule has 90 valence electrons. The van der Waals surface area contributed by atoms with Crippen LogP contribution < -0.4 is 11.1 Å². The molecule has 16 heavy (non-hydrogen) atoms. The zero-order chi connectivity index (χ0) is 11.6. The molecule has 0 atom stereocenters. The van der Waals surface area contributed by atoms with E-state index in [4.69, 9.17) is 5.73 Å². The Morgan fingerprint density at radius 1 is 1.12 bits per heavy atom. The molecule has 0 radical (unpaired) electrons. The quantitative estimate of drug-likeness (QED) is 0.804. The summed E-state index contributed by atoms with van der Waals surface area (Å²) in [6, 6.07) is 10.9. The third-order valence-electron chi connectivity index (χ3n) is 2.87. The van der Waals surface area contributed by atoms with Crippen molar-refractivity contribution in [1.82, 2.24) is 5.32 Å². The number of hydrogen-bond acceptors (Lipinski definition) is 2. The van der Waals surface area contributed by atoms with Gasteiger partial charge in [-0.2, -0.15) is 0 Å². The molecule has 0 aliphatic heterocycles. The van der Waals surface area contributed by atoms with Gasteiger partial charge in [-0.05, 0) is 25.5 Å². The summed E-state index contributed by atoms with van der Waals surface area (Å²) in [6.45, 7) is 0.959. The van der Waals surface area contributed by atoms with Crippen molar-refractivity contribution in [1.29, 1.82) is 0 Å². The van der Waals surface area contributed by atoms with Gasteiger partial charge in [0, 0.05) is 12.6 Å². The highest BCUT2D eigenvalue weighted by Gasteiger charge is 2.06. The number of hydrogen-bond donors (Lipinski definition) is 2. The molecule has 1 aromatic carbocycles. The molecule has 0 heterocycles. The van der Waals surface area contributed by atoms with Crippen LogP contribution in [0.25, 0.3) is 0 Å². The number of nitrogens with two attached hydrogens (primary N) is 1. The van der Waals surface area contributed by atoms with E-state index in [0.717, 1.165) is 6.54 Å². The molecule has 0 amide bonds. The molecule has 0 unspecified atom stereocenters. The van der Waals surface area contributed by atoms with Crippen molar-refractivity contribution >= 4 is 0 Å². The molecule has 0 spiro atoms. The average molecular weight is 220 g/mol. The van der Waals surface area contributed by atoms with Crippen LogP contribution in [0.1, 0.15) is 37.7 Å². The van der Waals surface area contributed by atoms with Gasteiger partial charge in [-0.3, -0.25) is 0 Å². The molecular weight excluding hydrogens is 196 g/mol. The predicted molar refractivity (Wildman–Crippen MR) is 70.3 cm³/mol. The summed E-state index contributed by atoms with van der Waals surface area (Å²) in [4.78, 5) is 0. The van der Waals surface area contributed by atoms with Crippen LogP contribution in [0.2, 0.25) is 0 Å². The number of benzene rings is 1. The Morgan fingerprint density at radius 2 is 1.75 bits per heavy atom. The fourth-order valence-corrected chi connectivity index (χ4v) is 1.93. The van der Waals surface area contributed by atoms with Gasteiger partial charge < -0.3 is 11.1 Å². The highest BCUT2D eigenvalue weighted by Crippen LogP contribution is 2.14. The van der Waals surface area contributed by atoms with Crippen LogP contribution in [0, 0.1) is 0 Å². The molecule has 0 saturated heterocycles. The first kappa shape index (κ1) is 13.2. The van der Waals surface area contributed by atoms with Crippen molar-refractivity contribution in [2.75, 3.05) is 7.05 Å². The summed E-state index contributed by atoms with van der Waals surface area (Å²) in [7, 11) is 1.95. The Bertz CT molecular complexity index is 253. The normalized spacial score (nSPS) is 16.4. The maximum Gasteiger partial charge on any atom is 0.0202 e. The Kier molecular flexibility index (Phi) is 6.86. The van der Waals surface area contributed by atoms with E-state index in [2.05, 4.69) is 17.4 Å². The number of nitrogens with one attached hydrogen (secondary N) is 1. The summed E-state index contributed by atoms with van der Waals surface area (Å²) < 4.78 is 0. The molecule has 2 heteroatoms. The van der Waals surface area contributed by atoms with Gasteiger partial charge in [-0.15, -0.1) is 0 Å². The molecule has 2 nitrogen and oxygen atoms in total. The number of rotatable bonds is 2. The van der Waals surface area contributed by atoms with Gasteiger partial charge in [0.1, 0.15) is 0 Å². The van der Waals surface area contributed by atoms with Crippen LogP contribution in [0.5, 0.6) is 0 Å². The standard InChI is InChI=1S/C8H11N.C6H13N/c1-9-7-8-5-3-2-4-6-8;7-6-4-2-1-3-5-6/h2-6,9H,7H2,1H3;6H,1-5,7H2. The topological polar surface area (TPSA) is 38.0 Å². The van der Waals surface area contributed by atoms with Crippen molar-refractivity contribution in [3.05, 3.63) is 35.9 Å². The summed E-state index contributed by atoms with van der Waals surface area (Å²) in [5, 5.41) is 3.08. The van der Waals surface area contributed by atoms with E-state index < -0.39 is 0 Å². The van der Waals surface area contributed by atoms with Crippen LogP contribution in [0.4, 0.5) is 0 Å². The molecular formula is C14H24N2. The molecule has 2 rings (SSSR count). The second-order valence-electron chi connectivity index (χ2n) is 4.41. The van der Waals surface area contributed by atoms with Crippen molar-refractivity contribution in [2.24, 2.45) is 5.73 Å². The summed E-state index contributed by atoms with van der Waals surface area (Å²) in [5.74, 6) is 0. The van der Waals surface area contributed by atoms with Gasteiger partial charge in [-0.25, -0.2) is 0 Å². The van der Waals surface area contributed by atoms with Crippen LogP contribution in [0.3, 0.4) is 0 Å². The Labute approximate surface area is 99.2 Å². The van der Waals surface area contributed by atoms with Crippen LogP contribution in [-0.4, -0.2) is 13.1 Å². The van der Waals surface area contributed by atoms with E-state index in [1.165, 1.54) is 37.7 Å². The minimum atomic E-state index is 0.536. The fourth-order valence-electron chi connectivity index (χ4n) is 1.93. The Morgan fingerprint density at radius 3 is 2.19 bits per heavy atom. The van der Waals surface area contributed by atoms with E-state index >= 15 is 0 Å². The van der Waals surface area contributed by atoms with E-state index in [-0.39, 0.29) is 0 Å². The van der Waals surface area contributed by atoms with Gasteiger partial charge in [0.2, 0.25) is 0 Å². The van der Waals surface area contributed by atoms with Crippen LogP contribution >= 0.6 is 0 Å². The highest BCUT2D eigenvalue weighted by molar-refractivity contribution is 5.13. The largest absolute Gasteiger partial charge is 0.328 e. The second-order valence-corrected chi connectivity index (χ2v) is 4.41. The maximum atomic E-state index is 5.63. The first-order chi connectivity index (χ1) is 7.83. The van der Waals surface area contributed by atoms with Gasteiger partial charge in [0.05, 0.1) is 0 Å². The van der Waals surface area contributed by atoms with E-state index in [0.29, 0.717) is 6.04 Å². The summed E-state index contributed by atoms with van der Waals surface area (Å²) in [6.07, 6.45) is 6.66. The SMILES string of the molecule is CNCc1ccccc1.NC1CCCCC1. The first-order valence-electron chi connectivity index (χ1n) is 6.27. The van der Waals surface area contributed by atoms with Crippen LogP contribution in [0.15, 0.2) is 30.3 Å². The molecule has 1 aromatic rings. The molecule has 1 aliphatic carbocycles. The zero-order valence-corrected chi connectivity index (χ0v) is 10.3. The lowest BCUT2D eigenvalue weighted by Gasteiger charge is -2.15. The molecule has 1 saturated carbocycles. The van der Waals surface area contributed by atoms with Crippen LogP contribution in [-0.2, 0) is 6.54 Å². The first-order valence-corrected chi connectivity index (χ1v) is 6.27. The molecule has 0 bridgehead atoms. The van der Waals surface area contributed by atoms with Gasteiger partial charge in [0.25, 0.3) is 0 Å². The summed E-state index contributed by atoms with van der Waals surface area (Å²) in [5.41, 5.74) is 6.97. The average Bonchev–Trinajstić information content (AvgIpc) is 2.33. The highest BCUT2D eigenvalue weighted by atomic mass is 14.8. The summed E-state index contributed by atoms with van der Waals surface area (Å²) >= 11 is 0. The van der Waals surface area contributed by atoms with Gasteiger partial charge in [0.15, 0.2) is 0 Å². The minimum absolute atomic E-state index is 0.536. The van der Waals surface area contributed by atoms with Crippen molar-refractivity contribution in [3.8, 4) is 0 Å². The Hall–Kier alpha value is -0.860. The van der Waals surface area contributed by atoms with Crippen molar-refractivity contribution in [3.63, 3.8) is 0 Å². The van der Waals surface area contributed by atoms with E-state index in [1.54, 1.807) is 0 Å². The minimum Gasteiger partial charge on any atom is -0.328 e. The molecule has 0 aromatic heterocycles. The smallest absolute Gasteiger partial charge is 0.0202 e. The Balaban J connectivity index is 0.000000165. The van der Waals surface area contributed by atoms with E-state index in [9.17, 15) is 0 Å². The second kappa shape index (κ2) is 8.31. The monoisotopic (exact) mass is 220 g/mol. The molecule has 1 fully saturated rings. The van der Waals surface area contributed by atoms with Crippen molar-refractivity contribution in [2.45, 2.75) is 44.7 Å². The lowest BCUT2D eigenvalue weighted by atomic mass is 9.97. The van der Waals surface area contributed by atoms with Gasteiger partial charge in [-0.1, -0.05) is 49.6 Å². The lowest BCUT2D eigenvalue weighted by Crippen LogP contribution is -2.22. The van der Waals surface area contributed by atoms with Gasteiger partial charge >= 0.3 is 0 Å². The molecule has 3 N–H and O–H groups in total. The lowest BCUT2D eigenvalue weighted by molar-refractivity contribution is 0.441. The third-order valence-corrected chi connectivity index (χ3v) is 2.87. The third kappa shape index (κ3) is 5.89. The van der Waals surface area contributed by atoms with Crippen molar-refractivity contribution < 1.29 is 0 Å². The maximum absolute atomic E-state index is 5.63. The van der Waals surface area contributed by atoms with E-state index in [1.807, 2.05) is 25.2 Å². The predicted octanol–water partition coefficient (Wildman–Crippen LogP) is 2.68. The molecule has 1 aliphatic rings.